The fourth-order valence-electron chi connectivity index (χ4n) is 0.767. The van der Waals surface area contributed by atoms with Crippen molar-refractivity contribution in [1.82, 2.24) is 15.4 Å². The molecule has 0 saturated carbocycles. The molecular weight excluding hydrogens is 118 g/mol. The fraction of sp³-hybridized carbons (Fsp3) is 0.200. The van der Waals surface area contributed by atoms with E-state index in [1.54, 1.807) is 6.20 Å². The third-order valence-corrected chi connectivity index (χ3v) is 1.25. The second-order valence-electron chi connectivity index (χ2n) is 1.88. The number of fused-ring (bicyclic) bond motifs is 1. The van der Waals surface area contributed by atoms with Crippen LogP contribution in [0, 0.1) is 6.92 Å². The lowest BCUT2D eigenvalue weighted by molar-refractivity contribution is 0.449. The second-order valence-corrected chi connectivity index (χ2v) is 1.88. The predicted molar refractivity (Wildman–Crippen MR) is 30.9 cm³/mol. The number of nitrogens with zero attached hydrogens (tertiary/aromatic N) is 2. The SMILES string of the molecule is Cc1noc2cn[nH]c12. The maximum Gasteiger partial charge on any atom is 0.204 e. The van der Waals surface area contributed by atoms with Gasteiger partial charge in [0, 0.05) is 0 Å². The van der Waals surface area contributed by atoms with Crippen LogP contribution in [0.3, 0.4) is 0 Å². The van der Waals surface area contributed by atoms with Gasteiger partial charge in [-0.2, -0.15) is 5.10 Å². The lowest BCUT2D eigenvalue weighted by Crippen LogP contribution is -1.70. The van der Waals surface area contributed by atoms with Crippen molar-refractivity contribution < 1.29 is 4.52 Å². The second kappa shape index (κ2) is 1.34. The van der Waals surface area contributed by atoms with Crippen molar-refractivity contribution in [3.63, 3.8) is 0 Å². The first-order valence-corrected chi connectivity index (χ1v) is 2.63. The topological polar surface area (TPSA) is 54.7 Å². The summed E-state index contributed by atoms with van der Waals surface area (Å²) < 4.78 is 4.84. The summed E-state index contributed by atoms with van der Waals surface area (Å²) in [6.07, 6.45) is 1.61. The molecule has 0 bridgehead atoms. The molecule has 0 aliphatic heterocycles. The number of hydrogen-bond donors (Lipinski definition) is 1. The van der Waals surface area contributed by atoms with Crippen LogP contribution in [0.4, 0.5) is 0 Å². The van der Waals surface area contributed by atoms with E-state index in [9.17, 15) is 0 Å². The Morgan fingerprint density at radius 2 is 2.56 bits per heavy atom. The van der Waals surface area contributed by atoms with Gasteiger partial charge in [-0.1, -0.05) is 5.16 Å². The third-order valence-electron chi connectivity index (χ3n) is 1.25. The van der Waals surface area contributed by atoms with E-state index < -0.39 is 0 Å². The fourth-order valence-corrected chi connectivity index (χ4v) is 0.767. The summed E-state index contributed by atoms with van der Waals surface area (Å²) in [6.45, 7) is 1.87. The van der Waals surface area contributed by atoms with E-state index in [1.807, 2.05) is 6.92 Å². The highest BCUT2D eigenvalue weighted by Gasteiger charge is 2.02. The van der Waals surface area contributed by atoms with Crippen LogP contribution in [-0.4, -0.2) is 15.4 Å². The van der Waals surface area contributed by atoms with E-state index in [0.717, 1.165) is 11.2 Å². The molecule has 0 saturated heterocycles. The Morgan fingerprint density at radius 3 is 3.33 bits per heavy atom. The standard InChI is InChI=1S/C5H5N3O/c1-3-5-4(9-8-3)2-6-7-5/h2H,1H3,(H,6,7). The number of nitrogens with one attached hydrogen (secondary N) is 1. The molecule has 0 amide bonds. The van der Waals surface area contributed by atoms with E-state index in [0.29, 0.717) is 5.58 Å². The summed E-state index contributed by atoms with van der Waals surface area (Å²) in [7, 11) is 0. The van der Waals surface area contributed by atoms with Gasteiger partial charge in [0.25, 0.3) is 0 Å². The van der Waals surface area contributed by atoms with E-state index in [-0.39, 0.29) is 0 Å². The summed E-state index contributed by atoms with van der Waals surface area (Å²) in [5.74, 6) is 0. The lowest BCUT2D eigenvalue weighted by atomic mass is 10.4. The normalized spacial score (nSPS) is 10.8. The van der Waals surface area contributed by atoms with Crippen molar-refractivity contribution in [1.29, 1.82) is 0 Å². The summed E-state index contributed by atoms with van der Waals surface area (Å²) in [6, 6.07) is 0. The van der Waals surface area contributed by atoms with Gasteiger partial charge in [-0.15, -0.1) is 0 Å². The van der Waals surface area contributed by atoms with Gasteiger partial charge in [-0.25, -0.2) is 0 Å². The minimum Gasteiger partial charge on any atom is -0.353 e. The first kappa shape index (κ1) is 4.55. The van der Waals surface area contributed by atoms with Crippen molar-refractivity contribution in [2.75, 3.05) is 0 Å². The molecule has 4 heteroatoms. The van der Waals surface area contributed by atoms with Gasteiger partial charge in [-0.05, 0) is 6.92 Å². The molecule has 2 rings (SSSR count). The predicted octanol–water partition coefficient (Wildman–Crippen LogP) is 0.859. The molecule has 1 N–H and O–H groups in total. The Morgan fingerprint density at radius 1 is 1.67 bits per heavy atom. The summed E-state index contributed by atoms with van der Waals surface area (Å²) in [5, 5.41) is 10.2. The zero-order chi connectivity index (χ0) is 6.27. The molecule has 0 atom stereocenters. The molecular formula is C5H5N3O. The van der Waals surface area contributed by atoms with Gasteiger partial charge >= 0.3 is 0 Å². The van der Waals surface area contributed by atoms with Crippen molar-refractivity contribution >= 4 is 11.1 Å². The number of aromatic amines is 1. The van der Waals surface area contributed by atoms with E-state index >= 15 is 0 Å². The first-order valence-electron chi connectivity index (χ1n) is 2.63. The van der Waals surface area contributed by atoms with Gasteiger partial charge in [0.05, 0.1) is 6.20 Å². The van der Waals surface area contributed by atoms with Crippen molar-refractivity contribution in [2.45, 2.75) is 6.92 Å². The smallest absolute Gasteiger partial charge is 0.204 e. The van der Waals surface area contributed by atoms with Gasteiger partial charge in [0.1, 0.15) is 11.2 Å². The molecule has 0 aliphatic rings. The summed E-state index contributed by atoms with van der Waals surface area (Å²) in [5.41, 5.74) is 2.45. The molecule has 0 aromatic carbocycles. The lowest BCUT2D eigenvalue weighted by Gasteiger charge is -1.71. The Kier molecular flexibility index (Phi) is 0.677. The number of aryl methyl sites for hydroxylation is 1. The molecule has 0 unspecified atom stereocenters. The Bertz CT molecular complexity index is 321. The monoisotopic (exact) mass is 123 g/mol. The molecule has 46 valence electrons. The molecule has 2 aromatic heterocycles. The quantitative estimate of drug-likeness (QED) is 0.565. The van der Waals surface area contributed by atoms with E-state index in [4.69, 9.17) is 4.52 Å². The number of hydrogen-bond acceptors (Lipinski definition) is 3. The Balaban J connectivity index is 2.99. The highest BCUT2D eigenvalue weighted by molar-refractivity contribution is 5.73. The summed E-state index contributed by atoms with van der Waals surface area (Å²) >= 11 is 0. The maximum absolute atomic E-state index is 4.84. The van der Waals surface area contributed by atoms with E-state index in [1.165, 1.54) is 0 Å². The highest BCUT2D eigenvalue weighted by Crippen LogP contribution is 2.11. The molecule has 0 aliphatic carbocycles. The molecule has 4 nitrogen and oxygen atoms in total. The average molecular weight is 123 g/mol. The van der Waals surface area contributed by atoms with Crippen molar-refractivity contribution in [2.24, 2.45) is 0 Å². The van der Waals surface area contributed by atoms with Gasteiger partial charge in [0.2, 0.25) is 5.58 Å². The zero-order valence-electron chi connectivity index (χ0n) is 4.88. The molecule has 0 radical (unpaired) electrons. The minimum atomic E-state index is 0.715. The largest absolute Gasteiger partial charge is 0.353 e. The Hall–Kier alpha value is -1.32. The van der Waals surface area contributed by atoms with Gasteiger partial charge in [0.15, 0.2) is 0 Å². The molecule has 9 heavy (non-hydrogen) atoms. The van der Waals surface area contributed by atoms with Crippen LogP contribution in [-0.2, 0) is 0 Å². The van der Waals surface area contributed by atoms with Crippen LogP contribution in [0.15, 0.2) is 10.7 Å². The van der Waals surface area contributed by atoms with Crippen LogP contribution >= 0.6 is 0 Å². The average Bonchev–Trinajstić information content (AvgIpc) is 2.35. The molecule has 0 spiro atoms. The first-order chi connectivity index (χ1) is 4.38. The third kappa shape index (κ3) is 0.468. The van der Waals surface area contributed by atoms with Crippen LogP contribution in [0.5, 0.6) is 0 Å². The molecule has 2 heterocycles. The highest BCUT2D eigenvalue weighted by atomic mass is 16.5. The molecule has 2 aromatic rings. The van der Waals surface area contributed by atoms with Crippen molar-refractivity contribution in [3.05, 3.63) is 11.9 Å². The number of H-pyrrole nitrogens is 1. The van der Waals surface area contributed by atoms with Crippen molar-refractivity contribution in [3.8, 4) is 0 Å². The summed E-state index contributed by atoms with van der Waals surface area (Å²) in [4.78, 5) is 0. The van der Waals surface area contributed by atoms with Crippen LogP contribution in [0.2, 0.25) is 0 Å². The van der Waals surface area contributed by atoms with Crippen LogP contribution in [0.25, 0.3) is 11.1 Å². The molecule has 0 fully saturated rings. The van der Waals surface area contributed by atoms with Gasteiger partial charge in [-0.3, -0.25) is 5.10 Å². The zero-order valence-corrected chi connectivity index (χ0v) is 4.88. The maximum atomic E-state index is 4.84. The van der Waals surface area contributed by atoms with E-state index in [2.05, 4.69) is 15.4 Å². The van der Waals surface area contributed by atoms with Gasteiger partial charge < -0.3 is 4.52 Å². The van der Waals surface area contributed by atoms with Crippen LogP contribution in [0.1, 0.15) is 5.69 Å². The number of rotatable bonds is 0. The Labute approximate surface area is 50.8 Å². The number of aromatic nitrogens is 3. The minimum absolute atomic E-state index is 0.715. The van der Waals surface area contributed by atoms with Crippen LogP contribution < -0.4 is 0 Å².